The Hall–Kier alpha value is -2.09. The predicted molar refractivity (Wildman–Crippen MR) is 104 cm³/mol. The van der Waals surface area contributed by atoms with Crippen molar-refractivity contribution in [3.63, 3.8) is 0 Å². The van der Waals surface area contributed by atoms with E-state index in [1.54, 1.807) is 11.8 Å². The largest absolute Gasteiger partial charge is 0.419 e. The second kappa shape index (κ2) is 8.51. The van der Waals surface area contributed by atoms with Crippen LogP contribution in [-0.4, -0.2) is 21.5 Å². The van der Waals surface area contributed by atoms with Gasteiger partial charge in [-0.2, -0.15) is 13.2 Å². The fourth-order valence-electron chi connectivity index (χ4n) is 3.40. The number of carbonyl (C=O) groups is 1. The van der Waals surface area contributed by atoms with Crippen molar-refractivity contribution in [3.05, 3.63) is 41.2 Å². The fraction of sp³-hybridized carbons (Fsp3) is 0.450. The van der Waals surface area contributed by atoms with E-state index in [4.69, 9.17) is 0 Å². The van der Waals surface area contributed by atoms with Gasteiger partial charge < -0.3 is 5.32 Å². The number of nitrogens with zero attached hydrogens (tertiary/aromatic N) is 2. The molecule has 1 atom stereocenters. The zero-order chi connectivity index (χ0) is 20.3. The molecule has 0 aliphatic heterocycles. The third-order valence-corrected chi connectivity index (χ3v) is 5.62. The summed E-state index contributed by atoms with van der Waals surface area (Å²) in [6.45, 7) is 3.99. The maximum atomic E-state index is 13.5. The number of rotatable bonds is 5. The minimum Gasteiger partial charge on any atom is -0.324 e. The number of benzene rings is 1. The molecule has 1 aliphatic carbocycles. The summed E-state index contributed by atoms with van der Waals surface area (Å²) in [6, 6.07) is 5.84. The molecule has 0 radical (unpaired) electrons. The number of aromatic nitrogens is 2. The van der Waals surface area contributed by atoms with E-state index in [9.17, 15) is 18.0 Å². The van der Waals surface area contributed by atoms with E-state index in [1.165, 1.54) is 0 Å². The normalized spacial score (nSPS) is 17.6. The number of carbonyl (C=O) groups excluding carboxylic acids is 1. The van der Waals surface area contributed by atoms with Crippen LogP contribution in [0, 0.1) is 6.92 Å². The van der Waals surface area contributed by atoms with Gasteiger partial charge in [0.25, 0.3) is 0 Å². The lowest BCUT2D eigenvalue weighted by molar-refractivity contribution is -0.139. The highest BCUT2D eigenvalue weighted by atomic mass is 32.2. The Morgan fingerprint density at radius 1 is 1.32 bits per heavy atom. The minimum atomic E-state index is -4.55. The predicted octanol–water partition coefficient (Wildman–Crippen LogP) is 5.89. The first kappa shape index (κ1) is 20.6. The molecule has 1 fully saturated rings. The first-order valence-electron chi connectivity index (χ1n) is 9.24. The summed E-state index contributed by atoms with van der Waals surface area (Å²) in [7, 11) is 0. The molecule has 1 aromatic heterocycles. The number of halogens is 3. The van der Waals surface area contributed by atoms with Crippen LogP contribution < -0.4 is 5.32 Å². The molecule has 8 heteroatoms. The molecule has 1 N–H and O–H groups in total. The Morgan fingerprint density at radius 3 is 2.75 bits per heavy atom. The van der Waals surface area contributed by atoms with Gasteiger partial charge >= 0.3 is 6.18 Å². The highest BCUT2D eigenvalue weighted by molar-refractivity contribution is 7.99. The molecule has 28 heavy (non-hydrogen) atoms. The number of aryl methyl sites for hydroxylation is 1. The van der Waals surface area contributed by atoms with Gasteiger partial charge in [-0.05, 0) is 49.3 Å². The molecule has 0 amide bonds. The van der Waals surface area contributed by atoms with Crippen molar-refractivity contribution in [1.82, 2.24) is 9.97 Å². The minimum absolute atomic E-state index is 0.0163. The smallest absolute Gasteiger partial charge is 0.324 e. The molecule has 4 nitrogen and oxygen atoms in total. The third-order valence-electron chi connectivity index (χ3n) is 4.75. The van der Waals surface area contributed by atoms with E-state index < -0.39 is 17.7 Å². The number of hydrogen-bond donors (Lipinski definition) is 1. The Balaban J connectivity index is 1.92. The molecule has 0 saturated heterocycles. The van der Waals surface area contributed by atoms with Crippen LogP contribution in [0.3, 0.4) is 0 Å². The first-order valence-corrected chi connectivity index (χ1v) is 10.2. The zero-order valence-electron chi connectivity index (χ0n) is 15.8. The van der Waals surface area contributed by atoms with Gasteiger partial charge in [0, 0.05) is 35.5 Å². The fourth-order valence-corrected chi connectivity index (χ4v) is 4.15. The summed E-state index contributed by atoms with van der Waals surface area (Å²) < 4.78 is 40.4. The molecule has 0 bridgehead atoms. The van der Waals surface area contributed by atoms with Crippen molar-refractivity contribution in [1.29, 1.82) is 0 Å². The van der Waals surface area contributed by atoms with Gasteiger partial charge in [-0.25, -0.2) is 9.97 Å². The molecule has 0 spiro atoms. The molecule has 1 aliphatic rings. The van der Waals surface area contributed by atoms with Crippen molar-refractivity contribution in [2.24, 2.45) is 0 Å². The average Bonchev–Trinajstić information content (AvgIpc) is 2.63. The number of hydrogen-bond acceptors (Lipinski definition) is 5. The molecule has 2 aromatic rings. The summed E-state index contributed by atoms with van der Waals surface area (Å²) in [5.41, 5.74) is 0.750. The Kier molecular flexibility index (Phi) is 6.27. The van der Waals surface area contributed by atoms with Crippen molar-refractivity contribution < 1.29 is 18.0 Å². The van der Waals surface area contributed by atoms with Crippen molar-refractivity contribution in [2.75, 3.05) is 11.1 Å². The number of thioether (sulfide) groups is 1. The summed E-state index contributed by atoms with van der Waals surface area (Å²) in [5.74, 6) is 0.528. The first-order chi connectivity index (χ1) is 13.3. The third kappa shape index (κ3) is 4.84. The quantitative estimate of drug-likeness (QED) is 0.625. The second-order valence-electron chi connectivity index (χ2n) is 6.86. The number of anilines is 2. The van der Waals surface area contributed by atoms with Crippen LogP contribution in [0.25, 0.3) is 0 Å². The number of ketones is 1. The molecule has 150 valence electrons. The van der Waals surface area contributed by atoms with Crippen molar-refractivity contribution in [3.8, 4) is 0 Å². The van der Waals surface area contributed by atoms with E-state index in [2.05, 4.69) is 22.2 Å². The lowest BCUT2D eigenvalue weighted by Gasteiger charge is -2.23. The Morgan fingerprint density at radius 2 is 2.11 bits per heavy atom. The number of alkyl halides is 3. The van der Waals surface area contributed by atoms with Gasteiger partial charge in [-0.1, -0.05) is 6.92 Å². The number of nitrogens with one attached hydrogen (secondary N) is 1. The van der Waals surface area contributed by atoms with E-state index >= 15 is 0 Å². The lowest BCUT2D eigenvalue weighted by Crippen LogP contribution is -2.20. The van der Waals surface area contributed by atoms with Gasteiger partial charge in [-0.15, -0.1) is 11.8 Å². The van der Waals surface area contributed by atoms with Crippen LogP contribution >= 0.6 is 11.8 Å². The summed E-state index contributed by atoms with van der Waals surface area (Å²) in [6.07, 6.45) is -2.10. The maximum Gasteiger partial charge on any atom is 0.419 e. The monoisotopic (exact) mass is 409 g/mol. The average molecular weight is 409 g/mol. The van der Waals surface area contributed by atoms with Crippen molar-refractivity contribution in [2.45, 2.75) is 56.5 Å². The summed E-state index contributed by atoms with van der Waals surface area (Å²) in [4.78, 5) is 21.0. The second-order valence-corrected chi connectivity index (χ2v) is 8.19. The zero-order valence-corrected chi connectivity index (χ0v) is 16.6. The van der Waals surface area contributed by atoms with Gasteiger partial charge in [0.05, 0.1) is 11.3 Å². The van der Waals surface area contributed by atoms with Crippen LogP contribution in [0.2, 0.25) is 0 Å². The molecule has 3 rings (SSSR count). The topological polar surface area (TPSA) is 54.9 Å². The molecule has 1 saturated carbocycles. The van der Waals surface area contributed by atoms with Gasteiger partial charge in [-0.3, -0.25) is 4.79 Å². The molecular formula is C20H22F3N3OS. The Bertz CT molecular complexity index is 870. The highest BCUT2D eigenvalue weighted by Crippen LogP contribution is 2.39. The Labute approximate surface area is 166 Å². The van der Waals surface area contributed by atoms with Crippen molar-refractivity contribution >= 4 is 29.2 Å². The standard InChI is InChI=1S/C20H22F3N3OS/c1-3-28-15-7-8-17(12(2)9-15)25-19-24-11-16(20(21,22)23)18(26-19)13-5-4-6-14(27)10-13/h7-9,11,13H,3-6,10H2,1-2H3,(H,24,25,26). The molecular weight excluding hydrogens is 387 g/mol. The highest BCUT2D eigenvalue weighted by Gasteiger charge is 2.38. The van der Waals surface area contributed by atoms with Crippen LogP contribution in [0.5, 0.6) is 0 Å². The van der Waals surface area contributed by atoms with E-state index in [0.29, 0.717) is 19.3 Å². The van der Waals surface area contributed by atoms with E-state index in [-0.39, 0.29) is 23.8 Å². The van der Waals surface area contributed by atoms with Crippen LogP contribution in [-0.2, 0) is 11.0 Å². The van der Waals surface area contributed by atoms with Gasteiger partial charge in [0.1, 0.15) is 5.78 Å². The maximum absolute atomic E-state index is 13.5. The SMILES string of the molecule is CCSc1ccc(Nc2ncc(C(F)(F)F)c(C3CCCC(=O)C3)n2)c(C)c1. The van der Waals surface area contributed by atoms with Gasteiger partial charge in [0.15, 0.2) is 0 Å². The lowest BCUT2D eigenvalue weighted by atomic mass is 9.84. The molecule has 1 unspecified atom stereocenters. The molecule has 1 heterocycles. The number of Topliss-reactive ketones (excluding diaryl/α,β-unsaturated/α-hetero) is 1. The van der Waals surface area contributed by atoms with E-state index in [0.717, 1.165) is 28.1 Å². The van der Waals surface area contributed by atoms with Crippen LogP contribution in [0.15, 0.2) is 29.3 Å². The molecule has 1 aromatic carbocycles. The van der Waals surface area contributed by atoms with E-state index in [1.807, 2.05) is 25.1 Å². The summed E-state index contributed by atoms with van der Waals surface area (Å²) in [5, 5.41) is 3.03. The van der Waals surface area contributed by atoms with Crippen LogP contribution in [0.1, 0.15) is 55.3 Å². The van der Waals surface area contributed by atoms with Crippen LogP contribution in [0.4, 0.5) is 24.8 Å². The van der Waals surface area contributed by atoms with Gasteiger partial charge in [0.2, 0.25) is 5.95 Å². The summed E-state index contributed by atoms with van der Waals surface area (Å²) >= 11 is 1.71.